The molecule has 4 aromatic carbocycles. The van der Waals surface area contributed by atoms with Crippen LogP contribution in [-0.4, -0.2) is 38.0 Å². The van der Waals surface area contributed by atoms with Gasteiger partial charge in [-0.3, -0.25) is 9.59 Å². The number of carbonyl (C=O) groups excluding carboxylic acids is 2. The van der Waals surface area contributed by atoms with Gasteiger partial charge in [0.25, 0.3) is 0 Å². The Morgan fingerprint density at radius 1 is 0.756 bits per heavy atom. The Morgan fingerprint density at radius 2 is 1.39 bits per heavy atom. The van der Waals surface area contributed by atoms with Crippen LogP contribution >= 0.6 is 11.6 Å². The average molecular weight is 573 g/mol. The summed E-state index contributed by atoms with van der Waals surface area (Å²) >= 11 is 6.03. The predicted octanol–water partition coefficient (Wildman–Crippen LogP) is 5.99. The van der Waals surface area contributed by atoms with Gasteiger partial charge >= 0.3 is 0 Å². The number of benzene rings is 4. The molecule has 4 aromatic rings. The minimum atomic E-state index is -0.877. The Labute approximate surface area is 245 Å². The largest absolute Gasteiger partial charge is 0.497 e. The Hall–Kier alpha value is -4.49. The standard InChI is InChI=1S/C33H33ClN2O5/c1-39-28-16-11-24(12-17-28)22-36(31(37)20-25-13-18-29(40-2)30(19-25)41-3)32(26-7-5-4-6-8-26)33(38)35-21-23-9-14-27(34)15-10-23/h4-19,32H,20-22H2,1-3H3,(H,35,38). The van der Waals surface area contributed by atoms with Crippen LogP contribution in [-0.2, 0) is 29.1 Å². The highest BCUT2D eigenvalue weighted by molar-refractivity contribution is 6.30. The second-order valence-corrected chi connectivity index (χ2v) is 9.83. The molecule has 0 fully saturated rings. The zero-order chi connectivity index (χ0) is 29.2. The fraction of sp³-hybridized carbons (Fsp3) is 0.212. The van der Waals surface area contributed by atoms with Gasteiger partial charge in [-0.1, -0.05) is 72.3 Å². The molecule has 1 N–H and O–H groups in total. The second-order valence-electron chi connectivity index (χ2n) is 9.39. The van der Waals surface area contributed by atoms with Crippen LogP contribution in [0.2, 0.25) is 5.02 Å². The Morgan fingerprint density at radius 3 is 2.02 bits per heavy atom. The molecule has 41 heavy (non-hydrogen) atoms. The molecule has 1 unspecified atom stereocenters. The topological polar surface area (TPSA) is 77.1 Å². The molecule has 8 heteroatoms. The van der Waals surface area contributed by atoms with E-state index in [-0.39, 0.29) is 24.8 Å². The lowest BCUT2D eigenvalue weighted by Crippen LogP contribution is -2.43. The van der Waals surface area contributed by atoms with E-state index in [1.165, 1.54) is 0 Å². The van der Waals surface area contributed by atoms with Gasteiger partial charge in [-0.25, -0.2) is 0 Å². The third-order valence-corrected chi connectivity index (χ3v) is 6.94. The summed E-state index contributed by atoms with van der Waals surface area (Å²) in [7, 11) is 4.71. The highest BCUT2D eigenvalue weighted by atomic mass is 35.5. The van der Waals surface area contributed by atoms with Gasteiger partial charge in [0.05, 0.1) is 27.8 Å². The van der Waals surface area contributed by atoms with Crippen LogP contribution in [0.4, 0.5) is 0 Å². The first-order valence-electron chi connectivity index (χ1n) is 13.1. The zero-order valence-corrected chi connectivity index (χ0v) is 24.1. The number of amides is 2. The summed E-state index contributed by atoms with van der Waals surface area (Å²) in [5, 5.41) is 3.64. The first-order chi connectivity index (χ1) is 19.9. The van der Waals surface area contributed by atoms with Gasteiger partial charge in [0.15, 0.2) is 11.5 Å². The second kappa shape index (κ2) is 14.2. The van der Waals surface area contributed by atoms with E-state index in [2.05, 4.69) is 5.32 Å². The summed E-state index contributed by atoms with van der Waals surface area (Å²) in [5.74, 6) is 1.29. The van der Waals surface area contributed by atoms with Gasteiger partial charge < -0.3 is 24.4 Å². The molecular weight excluding hydrogens is 540 g/mol. The maximum absolute atomic E-state index is 14.1. The smallest absolute Gasteiger partial charge is 0.247 e. The van der Waals surface area contributed by atoms with Gasteiger partial charge in [0.2, 0.25) is 11.8 Å². The Kier molecular flexibility index (Phi) is 10.2. The molecule has 7 nitrogen and oxygen atoms in total. The normalized spacial score (nSPS) is 11.3. The van der Waals surface area contributed by atoms with Crippen molar-refractivity contribution in [1.29, 1.82) is 0 Å². The van der Waals surface area contributed by atoms with Gasteiger partial charge in [0.1, 0.15) is 11.8 Å². The lowest BCUT2D eigenvalue weighted by atomic mass is 10.0. The molecule has 2 amide bonds. The molecule has 0 saturated carbocycles. The van der Waals surface area contributed by atoms with Crippen molar-refractivity contribution in [3.05, 3.63) is 124 Å². The minimum absolute atomic E-state index is 0.0598. The van der Waals surface area contributed by atoms with Crippen molar-refractivity contribution >= 4 is 23.4 Å². The van der Waals surface area contributed by atoms with E-state index in [4.69, 9.17) is 25.8 Å². The number of carbonyl (C=O) groups is 2. The lowest BCUT2D eigenvalue weighted by Gasteiger charge is -2.32. The van der Waals surface area contributed by atoms with E-state index in [9.17, 15) is 9.59 Å². The molecule has 0 spiro atoms. The molecule has 0 aliphatic heterocycles. The maximum atomic E-state index is 14.1. The minimum Gasteiger partial charge on any atom is -0.497 e. The van der Waals surface area contributed by atoms with Crippen LogP contribution in [0.5, 0.6) is 17.2 Å². The van der Waals surface area contributed by atoms with Crippen molar-refractivity contribution in [2.24, 2.45) is 0 Å². The molecular formula is C33H33ClN2O5. The van der Waals surface area contributed by atoms with Crippen LogP contribution in [0.3, 0.4) is 0 Å². The number of hydrogen-bond acceptors (Lipinski definition) is 5. The summed E-state index contributed by atoms with van der Waals surface area (Å²) in [5.41, 5.74) is 3.20. The van der Waals surface area contributed by atoms with Crippen molar-refractivity contribution in [2.75, 3.05) is 21.3 Å². The van der Waals surface area contributed by atoms with E-state index in [0.29, 0.717) is 34.4 Å². The lowest BCUT2D eigenvalue weighted by molar-refractivity contribution is -0.141. The van der Waals surface area contributed by atoms with Crippen molar-refractivity contribution in [2.45, 2.75) is 25.6 Å². The van der Waals surface area contributed by atoms with Crippen molar-refractivity contribution in [3.8, 4) is 17.2 Å². The quantitative estimate of drug-likeness (QED) is 0.225. The van der Waals surface area contributed by atoms with Gasteiger partial charge in [0, 0.05) is 18.1 Å². The molecule has 0 bridgehead atoms. The molecule has 0 aromatic heterocycles. The zero-order valence-electron chi connectivity index (χ0n) is 23.3. The van der Waals surface area contributed by atoms with Crippen molar-refractivity contribution in [1.82, 2.24) is 10.2 Å². The number of rotatable bonds is 12. The molecule has 0 aliphatic rings. The van der Waals surface area contributed by atoms with Crippen LogP contribution in [0.1, 0.15) is 28.3 Å². The fourth-order valence-corrected chi connectivity index (χ4v) is 4.64. The Balaban J connectivity index is 1.68. The highest BCUT2D eigenvalue weighted by Gasteiger charge is 2.31. The monoisotopic (exact) mass is 572 g/mol. The third kappa shape index (κ3) is 7.80. The van der Waals surface area contributed by atoms with Crippen LogP contribution in [0, 0.1) is 0 Å². The van der Waals surface area contributed by atoms with Gasteiger partial charge in [-0.15, -0.1) is 0 Å². The molecule has 0 saturated heterocycles. The van der Waals surface area contributed by atoms with E-state index < -0.39 is 6.04 Å². The third-order valence-electron chi connectivity index (χ3n) is 6.69. The summed E-state index contributed by atoms with van der Waals surface area (Å²) in [6.45, 7) is 0.504. The summed E-state index contributed by atoms with van der Waals surface area (Å²) in [4.78, 5) is 29.5. The molecule has 212 valence electrons. The SMILES string of the molecule is COc1ccc(CN(C(=O)Cc2ccc(OC)c(OC)c2)C(C(=O)NCc2ccc(Cl)cc2)c2ccccc2)cc1. The summed E-state index contributed by atoms with van der Waals surface area (Å²) in [6, 6.07) is 28.5. The van der Waals surface area contributed by atoms with E-state index in [0.717, 1.165) is 16.7 Å². The van der Waals surface area contributed by atoms with E-state index >= 15 is 0 Å². The summed E-state index contributed by atoms with van der Waals surface area (Å²) in [6.07, 6.45) is 0.0598. The predicted molar refractivity (Wildman–Crippen MR) is 159 cm³/mol. The van der Waals surface area contributed by atoms with E-state index in [1.807, 2.05) is 72.8 Å². The van der Waals surface area contributed by atoms with Crippen LogP contribution in [0.25, 0.3) is 0 Å². The van der Waals surface area contributed by atoms with Gasteiger partial charge in [-0.05, 0) is 58.7 Å². The number of nitrogens with one attached hydrogen (secondary N) is 1. The first-order valence-corrected chi connectivity index (χ1v) is 13.5. The maximum Gasteiger partial charge on any atom is 0.247 e. The summed E-state index contributed by atoms with van der Waals surface area (Å²) < 4.78 is 16.1. The number of nitrogens with zero attached hydrogens (tertiary/aromatic N) is 1. The van der Waals surface area contributed by atoms with Crippen LogP contribution < -0.4 is 19.5 Å². The van der Waals surface area contributed by atoms with Gasteiger partial charge in [-0.2, -0.15) is 0 Å². The number of halogens is 1. The molecule has 4 rings (SSSR count). The number of hydrogen-bond donors (Lipinski definition) is 1. The Bertz CT molecular complexity index is 1440. The first kappa shape index (κ1) is 29.5. The highest BCUT2D eigenvalue weighted by Crippen LogP contribution is 2.30. The number of methoxy groups -OCH3 is 3. The average Bonchev–Trinajstić information content (AvgIpc) is 3.01. The molecule has 0 radical (unpaired) electrons. The van der Waals surface area contributed by atoms with Crippen molar-refractivity contribution < 1.29 is 23.8 Å². The van der Waals surface area contributed by atoms with Crippen molar-refractivity contribution in [3.63, 3.8) is 0 Å². The van der Waals surface area contributed by atoms with Crippen LogP contribution in [0.15, 0.2) is 97.1 Å². The molecule has 0 aliphatic carbocycles. The number of ether oxygens (including phenoxy) is 3. The molecule has 1 atom stereocenters. The fourth-order valence-electron chi connectivity index (χ4n) is 4.51. The molecule has 0 heterocycles. The van der Waals surface area contributed by atoms with E-state index in [1.54, 1.807) is 50.5 Å².